The number of rotatable bonds is 3. The van der Waals surface area contributed by atoms with Gasteiger partial charge >= 0.3 is 0 Å². The van der Waals surface area contributed by atoms with Crippen molar-refractivity contribution in [1.29, 1.82) is 0 Å². The van der Waals surface area contributed by atoms with Crippen molar-refractivity contribution in [1.82, 2.24) is 20.2 Å². The first-order chi connectivity index (χ1) is 11.3. The molecule has 2 aromatic rings. The molecule has 0 radical (unpaired) electrons. The van der Waals surface area contributed by atoms with Crippen LogP contribution in [0.4, 0.5) is 0 Å². The van der Waals surface area contributed by atoms with Crippen molar-refractivity contribution in [3.63, 3.8) is 0 Å². The number of aliphatic hydroxyl groups is 1. The molecule has 0 spiro atoms. The van der Waals surface area contributed by atoms with E-state index < -0.39 is 5.60 Å². The Morgan fingerprint density at radius 3 is 2.96 bits per heavy atom. The fourth-order valence-electron chi connectivity index (χ4n) is 3.85. The number of fused-ring (bicyclic) bond motifs is 1. The van der Waals surface area contributed by atoms with Crippen molar-refractivity contribution >= 4 is 0 Å². The lowest BCUT2D eigenvalue weighted by Crippen LogP contribution is -2.37. The van der Waals surface area contributed by atoms with Crippen molar-refractivity contribution in [3.05, 3.63) is 41.2 Å². The van der Waals surface area contributed by atoms with E-state index in [9.17, 15) is 5.11 Å². The summed E-state index contributed by atoms with van der Waals surface area (Å²) >= 11 is 0. The van der Waals surface area contributed by atoms with Gasteiger partial charge < -0.3 is 9.84 Å². The number of aromatic nitrogens is 4. The van der Waals surface area contributed by atoms with Gasteiger partial charge in [-0.05, 0) is 40.8 Å². The molecule has 1 aromatic heterocycles. The number of ether oxygens (including phenoxy) is 1. The summed E-state index contributed by atoms with van der Waals surface area (Å²) in [6.07, 6.45) is 4.58. The first kappa shape index (κ1) is 14.8. The molecule has 6 nitrogen and oxygen atoms in total. The zero-order valence-electron chi connectivity index (χ0n) is 13.2. The van der Waals surface area contributed by atoms with E-state index in [1.54, 1.807) is 4.68 Å². The number of aryl methyl sites for hydroxylation is 1. The molecule has 0 saturated carbocycles. The van der Waals surface area contributed by atoms with Crippen LogP contribution in [0.15, 0.2) is 24.3 Å². The Morgan fingerprint density at radius 2 is 2.09 bits per heavy atom. The summed E-state index contributed by atoms with van der Waals surface area (Å²) in [5, 5.41) is 23.0. The molecule has 1 aliphatic carbocycles. The second-order valence-corrected chi connectivity index (χ2v) is 6.62. The minimum absolute atomic E-state index is 0.408. The third kappa shape index (κ3) is 2.77. The summed E-state index contributed by atoms with van der Waals surface area (Å²) in [7, 11) is 0. The molecule has 4 rings (SSSR count). The average Bonchev–Trinajstić information content (AvgIpc) is 3.05. The molecule has 1 saturated heterocycles. The van der Waals surface area contributed by atoms with Gasteiger partial charge in [0.15, 0.2) is 5.82 Å². The lowest BCUT2D eigenvalue weighted by molar-refractivity contribution is -0.0760. The molecule has 2 aliphatic rings. The standard InChI is InChI=1S/C17H22N4O2/c22-17(8-10-23-11-9-17)16-18-19-20-21(16)12-14-6-3-5-13-4-1-2-7-15(13)14/h1-2,4,7,14,22H,3,5-6,8-12H2. The minimum Gasteiger partial charge on any atom is -0.382 e. The van der Waals surface area contributed by atoms with Crippen molar-refractivity contribution in [2.45, 2.75) is 50.2 Å². The SMILES string of the molecule is OC1(c2nnnn2CC2CCCc3ccccc32)CCOCC1. The van der Waals surface area contributed by atoms with Gasteiger partial charge in [0.25, 0.3) is 0 Å². The van der Waals surface area contributed by atoms with Gasteiger partial charge in [-0.1, -0.05) is 24.3 Å². The Morgan fingerprint density at radius 1 is 1.26 bits per heavy atom. The Labute approximate surface area is 135 Å². The van der Waals surface area contributed by atoms with Crippen LogP contribution >= 0.6 is 0 Å². The van der Waals surface area contributed by atoms with Crippen molar-refractivity contribution in [2.24, 2.45) is 0 Å². The first-order valence-corrected chi connectivity index (χ1v) is 8.41. The van der Waals surface area contributed by atoms with Crippen molar-refractivity contribution in [3.8, 4) is 0 Å². The fraction of sp³-hybridized carbons (Fsp3) is 0.588. The van der Waals surface area contributed by atoms with Gasteiger partial charge in [-0.15, -0.1) is 5.10 Å². The monoisotopic (exact) mass is 314 g/mol. The van der Waals surface area contributed by atoms with E-state index in [1.807, 2.05) is 0 Å². The molecule has 1 atom stereocenters. The summed E-state index contributed by atoms with van der Waals surface area (Å²) in [6, 6.07) is 8.64. The third-order valence-electron chi connectivity index (χ3n) is 5.16. The molecule has 1 aliphatic heterocycles. The van der Waals surface area contributed by atoms with E-state index in [2.05, 4.69) is 39.8 Å². The number of benzene rings is 1. The van der Waals surface area contributed by atoms with E-state index in [1.165, 1.54) is 17.5 Å². The Balaban J connectivity index is 1.60. The lowest BCUT2D eigenvalue weighted by atomic mass is 9.82. The van der Waals surface area contributed by atoms with Crippen LogP contribution in [-0.2, 0) is 23.3 Å². The number of hydrogen-bond donors (Lipinski definition) is 1. The summed E-state index contributed by atoms with van der Waals surface area (Å²) in [4.78, 5) is 0. The highest BCUT2D eigenvalue weighted by molar-refractivity contribution is 5.32. The van der Waals surface area contributed by atoms with Crippen molar-refractivity contribution in [2.75, 3.05) is 13.2 Å². The normalized spacial score (nSPS) is 23.4. The van der Waals surface area contributed by atoms with Gasteiger partial charge in [0.2, 0.25) is 0 Å². The zero-order valence-corrected chi connectivity index (χ0v) is 13.2. The number of tetrazole rings is 1. The van der Waals surface area contributed by atoms with E-state index in [4.69, 9.17) is 4.74 Å². The highest BCUT2D eigenvalue weighted by atomic mass is 16.5. The largest absolute Gasteiger partial charge is 0.382 e. The van der Waals surface area contributed by atoms with Crippen LogP contribution in [0.3, 0.4) is 0 Å². The summed E-state index contributed by atoms with van der Waals surface area (Å²) in [6.45, 7) is 1.83. The van der Waals surface area contributed by atoms with Gasteiger partial charge in [0.1, 0.15) is 5.60 Å². The fourth-order valence-corrected chi connectivity index (χ4v) is 3.85. The molecule has 1 fully saturated rings. The van der Waals surface area contributed by atoms with E-state index in [0.29, 0.717) is 37.8 Å². The van der Waals surface area contributed by atoms with E-state index in [0.717, 1.165) is 19.4 Å². The molecule has 122 valence electrons. The Kier molecular flexibility index (Phi) is 3.87. The van der Waals surface area contributed by atoms with Crippen LogP contribution in [0.2, 0.25) is 0 Å². The first-order valence-electron chi connectivity index (χ1n) is 8.41. The molecule has 23 heavy (non-hydrogen) atoms. The summed E-state index contributed by atoms with van der Waals surface area (Å²) in [5.74, 6) is 0.995. The topological polar surface area (TPSA) is 73.1 Å². The van der Waals surface area contributed by atoms with Gasteiger partial charge in [0, 0.05) is 32.0 Å². The average molecular weight is 314 g/mol. The van der Waals surface area contributed by atoms with Gasteiger partial charge in [-0.2, -0.15) is 0 Å². The minimum atomic E-state index is -0.962. The molecular weight excluding hydrogens is 292 g/mol. The maximum atomic E-state index is 10.9. The molecule has 0 bridgehead atoms. The Hall–Kier alpha value is -1.79. The van der Waals surface area contributed by atoms with Crippen LogP contribution in [-0.4, -0.2) is 38.5 Å². The highest BCUT2D eigenvalue weighted by Crippen LogP contribution is 2.35. The zero-order chi connectivity index (χ0) is 15.7. The van der Waals surface area contributed by atoms with Crippen molar-refractivity contribution < 1.29 is 9.84 Å². The van der Waals surface area contributed by atoms with Gasteiger partial charge in [-0.3, -0.25) is 0 Å². The van der Waals surface area contributed by atoms with E-state index in [-0.39, 0.29) is 0 Å². The predicted molar refractivity (Wildman–Crippen MR) is 83.9 cm³/mol. The quantitative estimate of drug-likeness (QED) is 0.935. The summed E-state index contributed by atoms with van der Waals surface area (Å²) < 4.78 is 7.17. The molecule has 0 amide bonds. The van der Waals surface area contributed by atoms with Gasteiger partial charge in [-0.25, -0.2) is 4.68 Å². The number of nitrogens with zero attached hydrogens (tertiary/aromatic N) is 4. The number of hydrogen-bond acceptors (Lipinski definition) is 5. The van der Waals surface area contributed by atoms with Crippen LogP contribution in [0.5, 0.6) is 0 Å². The second-order valence-electron chi connectivity index (χ2n) is 6.62. The molecule has 1 N–H and O–H groups in total. The predicted octanol–water partition coefficient (Wildman–Crippen LogP) is 1.79. The molecule has 2 heterocycles. The highest BCUT2D eigenvalue weighted by Gasteiger charge is 2.37. The maximum Gasteiger partial charge on any atom is 0.183 e. The molecule has 1 unspecified atom stereocenters. The van der Waals surface area contributed by atoms with Gasteiger partial charge in [0.05, 0.1) is 6.54 Å². The summed E-state index contributed by atoms with van der Waals surface area (Å²) in [5.41, 5.74) is 1.87. The molecular formula is C17H22N4O2. The van der Waals surface area contributed by atoms with Crippen LogP contribution < -0.4 is 0 Å². The maximum absolute atomic E-state index is 10.9. The smallest absolute Gasteiger partial charge is 0.183 e. The van der Waals surface area contributed by atoms with Crippen LogP contribution in [0.1, 0.15) is 48.6 Å². The van der Waals surface area contributed by atoms with E-state index >= 15 is 0 Å². The molecule has 6 heteroatoms. The Bertz CT molecular complexity index is 679. The second kappa shape index (κ2) is 6.02. The van der Waals surface area contributed by atoms with Crippen LogP contribution in [0.25, 0.3) is 0 Å². The van der Waals surface area contributed by atoms with Crippen LogP contribution in [0, 0.1) is 0 Å². The molecule has 1 aromatic carbocycles. The lowest BCUT2D eigenvalue weighted by Gasteiger charge is -2.31. The third-order valence-corrected chi connectivity index (χ3v) is 5.16.